The molecule has 0 N–H and O–H groups in total. The van der Waals surface area contributed by atoms with E-state index < -0.39 is 28.6 Å². The monoisotopic (exact) mass is 364 g/mol. The lowest BCUT2D eigenvalue weighted by molar-refractivity contribution is -0.0747. The summed E-state index contributed by atoms with van der Waals surface area (Å²) in [4.78, 5) is 0. The first-order chi connectivity index (χ1) is 10.9. The van der Waals surface area contributed by atoms with Gasteiger partial charge in [0.25, 0.3) is 10.1 Å². The summed E-state index contributed by atoms with van der Waals surface area (Å²) in [5.41, 5.74) is 0.807. The fourth-order valence-corrected chi connectivity index (χ4v) is 2.71. The molecule has 2 rings (SSSR count). The summed E-state index contributed by atoms with van der Waals surface area (Å²) in [6, 6.07) is 7.26. The molecule has 23 heavy (non-hydrogen) atoms. The molecule has 0 aliphatic carbocycles. The van der Waals surface area contributed by atoms with Gasteiger partial charge in [0, 0.05) is 11.8 Å². The Morgan fingerprint density at radius 1 is 1.13 bits per heavy atom. The van der Waals surface area contributed by atoms with Crippen LogP contribution in [0.4, 0.5) is 0 Å². The first-order valence-electron chi connectivity index (χ1n) is 6.88. The third kappa shape index (κ3) is 5.63. The second kappa shape index (κ2) is 8.32. The zero-order valence-corrected chi connectivity index (χ0v) is 14.8. The third-order valence-corrected chi connectivity index (χ3v) is 4.13. The summed E-state index contributed by atoms with van der Waals surface area (Å²) in [5.74, 6) is 0.728. The van der Waals surface area contributed by atoms with Crippen LogP contribution in [0.1, 0.15) is 11.9 Å². The van der Waals surface area contributed by atoms with Crippen molar-refractivity contribution in [1.82, 2.24) is 0 Å². The second-order valence-corrected chi connectivity index (χ2v) is 7.11. The van der Waals surface area contributed by atoms with Crippen molar-refractivity contribution >= 4 is 22.2 Å². The lowest BCUT2D eigenvalue weighted by Crippen LogP contribution is -2.31. The molecule has 1 saturated heterocycles. The van der Waals surface area contributed by atoms with E-state index >= 15 is 0 Å². The minimum absolute atomic E-state index is 0.117. The van der Waals surface area contributed by atoms with Crippen LogP contribution >= 0.6 is 12.0 Å². The van der Waals surface area contributed by atoms with Gasteiger partial charge >= 0.3 is 0 Å². The van der Waals surface area contributed by atoms with Gasteiger partial charge in [-0.05, 0) is 24.2 Å². The maximum Gasteiger partial charge on any atom is 0.264 e. The van der Waals surface area contributed by atoms with Gasteiger partial charge in [0.05, 0.1) is 26.6 Å². The molecule has 9 heteroatoms. The van der Waals surface area contributed by atoms with Crippen molar-refractivity contribution < 1.29 is 31.0 Å². The molecule has 1 heterocycles. The van der Waals surface area contributed by atoms with Gasteiger partial charge in [0.1, 0.15) is 18.0 Å². The Morgan fingerprint density at radius 2 is 1.74 bits per heavy atom. The van der Waals surface area contributed by atoms with E-state index in [1.807, 2.05) is 12.1 Å². The quantitative estimate of drug-likeness (QED) is 0.510. The molecule has 0 aromatic heterocycles. The Morgan fingerprint density at radius 3 is 2.26 bits per heavy atom. The normalized spacial score (nSPS) is 24.7. The van der Waals surface area contributed by atoms with Gasteiger partial charge in [0.2, 0.25) is 0 Å². The van der Waals surface area contributed by atoms with E-state index in [4.69, 9.17) is 22.6 Å². The lowest BCUT2D eigenvalue weighted by Gasteiger charge is -2.15. The van der Waals surface area contributed by atoms with Crippen LogP contribution < -0.4 is 4.74 Å². The molecule has 7 nitrogen and oxygen atoms in total. The first kappa shape index (κ1) is 18.5. The fourth-order valence-electron chi connectivity index (χ4n) is 2.06. The van der Waals surface area contributed by atoms with Crippen LogP contribution in [-0.2, 0) is 28.0 Å². The van der Waals surface area contributed by atoms with E-state index in [2.05, 4.69) is 0 Å². The largest absolute Gasteiger partial charge is 0.497 e. The van der Waals surface area contributed by atoms with E-state index in [1.54, 1.807) is 25.5 Å². The Balaban J connectivity index is 2.04. The Kier molecular flexibility index (Phi) is 6.69. The molecule has 0 spiro atoms. The predicted octanol–water partition coefficient (Wildman–Crippen LogP) is 1.75. The molecule has 1 aliphatic rings. The van der Waals surface area contributed by atoms with Gasteiger partial charge in [0.15, 0.2) is 6.29 Å². The molecular formula is C14H20O7S2. The van der Waals surface area contributed by atoms with Crippen LogP contribution in [0.15, 0.2) is 24.3 Å². The maximum absolute atomic E-state index is 11.2. The average molecular weight is 364 g/mol. The molecule has 1 unspecified atom stereocenters. The van der Waals surface area contributed by atoms with Crippen molar-refractivity contribution in [2.45, 2.75) is 18.5 Å². The van der Waals surface area contributed by atoms with Crippen LogP contribution in [0.2, 0.25) is 0 Å². The van der Waals surface area contributed by atoms with E-state index in [0.717, 1.165) is 17.6 Å². The van der Waals surface area contributed by atoms with Crippen LogP contribution in [0.25, 0.3) is 0 Å². The smallest absolute Gasteiger partial charge is 0.264 e. The molecule has 3 atom stereocenters. The van der Waals surface area contributed by atoms with Crippen molar-refractivity contribution in [3.8, 4) is 5.75 Å². The summed E-state index contributed by atoms with van der Waals surface area (Å²) in [5, 5.41) is 0. The predicted molar refractivity (Wildman–Crippen MR) is 85.7 cm³/mol. The molecule has 1 aliphatic heterocycles. The number of methoxy groups -OCH3 is 1. The minimum Gasteiger partial charge on any atom is -0.497 e. The molecule has 0 amide bonds. The number of ether oxygens (including phenoxy) is 3. The molecule has 1 fully saturated rings. The van der Waals surface area contributed by atoms with E-state index in [0.29, 0.717) is 0 Å². The zero-order chi connectivity index (χ0) is 16.9. The molecule has 130 valence electrons. The molecule has 0 radical (unpaired) electrons. The van der Waals surface area contributed by atoms with Gasteiger partial charge in [-0.3, -0.25) is 4.18 Å². The summed E-state index contributed by atoms with van der Waals surface area (Å²) < 4.78 is 49.2. The summed E-state index contributed by atoms with van der Waals surface area (Å²) >= 11 is 1.20. The SMILES string of the molecule is COc1ccc(C2O[C@@H](COSC)[C@H](COS(C)(=O)=O)O2)cc1. The van der Waals surface area contributed by atoms with Crippen LogP contribution in [0.5, 0.6) is 5.75 Å². The van der Waals surface area contributed by atoms with E-state index in [9.17, 15) is 8.42 Å². The van der Waals surface area contributed by atoms with Gasteiger partial charge in [-0.25, -0.2) is 0 Å². The number of benzene rings is 1. The van der Waals surface area contributed by atoms with Gasteiger partial charge in [-0.15, -0.1) is 0 Å². The van der Waals surface area contributed by atoms with Crippen molar-refractivity contribution in [2.24, 2.45) is 0 Å². The first-order valence-corrected chi connectivity index (χ1v) is 9.84. The highest BCUT2D eigenvalue weighted by atomic mass is 32.2. The summed E-state index contributed by atoms with van der Waals surface area (Å²) in [6.07, 6.45) is 1.22. The van der Waals surface area contributed by atoms with E-state index in [1.165, 1.54) is 12.0 Å². The van der Waals surface area contributed by atoms with Gasteiger partial charge in [-0.1, -0.05) is 12.1 Å². The number of hydrogen-bond acceptors (Lipinski definition) is 8. The van der Waals surface area contributed by atoms with Crippen LogP contribution in [-0.4, -0.2) is 53.5 Å². The molecule has 1 aromatic rings. The third-order valence-electron chi connectivity index (χ3n) is 3.20. The van der Waals surface area contributed by atoms with Gasteiger partial charge in [-0.2, -0.15) is 8.42 Å². The Hall–Kier alpha value is -0.840. The molecular weight excluding hydrogens is 344 g/mol. The standard InChI is InChI=1S/C14H20O7S2/c1-17-11-6-4-10(5-7-11)14-20-12(8-18-22-2)13(21-14)9-19-23(3,15)16/h4-7,12-14H,8-9H2,1-3H3/t12-,13-,14?/m0/s1. The van der Waals surface area contributed by atoms with Crippen molar-refractivity contribution in [1.29, 1.82) is 0 Å². The minimum atomic E-state index is -3.54. The van der Waals surface area contributed by atoms with E-state index in [-0.39, 0.29) is 13.2 Å². The molecule has 1 aromatic carbocycles. The summed E-state index contributed by atoms with van der Waals surface area (Å²) in [6.45, 7) is 0.152. The molecule has 0 saturated carbocycles. The van der Waals surface area contributed by atoms with Crippen LogP contribution in [0.3, 0.4) is 0 Å². The average Bonchev–Trinajstić information content (AvgIpc) is 2.93. The van der Waals surface area contributed by atoms with Crippen molar-refractivity contribution in [2.75, 3.05) is 32.8 Å². The maximum atomic E-state index is 11.2. The highest BCUT2D eigenvalue weighted by Gasteiger charge is 2.38. The number of hydrogen-bond donors (Lipinski definition) is 0. The highest BCUT2D eigenvalue weighted by Crippen LogP contribution is 2.33. The van der Waals surface area contributed by atoms with Gasteiger partial charge < -0.3 is 18.4 Å². The zero-order valence-electron chi connectivity index (χ0n) is 13.1. The number of rotatable bonds is 8. The van der Waals surface area contributed by atoms with Crippen molar-refractivity contribution in [3.05, 3.63) is 29.8 Å². The fraction of sp³-hybridized carbons (Fsp3) is 0.571. The lowest BCUT2D eigenvalue weighted by atomic mass is 10.2. The second-order valence-electron chi connectivity index (χ2n) is 4.89. The highest BCUT2D eigenvalue weighted by molar-refractivity contribution is 7.93. The Bertz CT molecular complexity index is 588. The molecule has 0 bridgehead atoms. The topological polar surface area (TPSA) is 80.3 Å². The van der Waals surface area contributed by atoms with Crippen LogP contribution in [0, 0.1) is 0 Å². The summed E-state index contributed by atoms with van der Waals surface area (Å²) in [7, 11) is -1.96. The Labute approximate surface area is 140 Å². The van der Waals surface area contributed by atoms with Crippen molar-refractivity contribution in [3.63, 3.8) is 0 Å².